The average molecular weight is 161 g/mol. The molecule has 5 heteroatoms. The Morgan fingerprint density at radius 1 is 1.64 bits per heavy atom. The number of nitrogens with one attached hydrogen (secondary N) is 1. The predicted octanol–water partition coefficient (Wildman–Crippen LogP) is 0.0589. The molecule has 62 valence electrons. The molecule has 0 bridgehead atoms. The zero-order valence-corrected chi connectivity index (χ0v) is 5.87. The van der Waals surface area contributed by atoms with Crippen molar-refractivity contribution in [2.45, 2.75) is 13.0 Å². The molecule has 0 saturated heterocycles. The van der Waals surface area contributed by atoms with Crippen molar-refractivity contribution in [1.29, 1.82) is 0 Å². The van der Waals surface area contributed by atoms with Crippen LogP contribution in [0.25, 0.3) is 0 Å². The van der Waals surface area contributed by atoms with Gasteiger partial charge in [-0.15, -0.1) is 0 Å². The Morgan fingerprint density at radius 3 is 2.55 bits per heavy atom. The first-order chi connectivity index (χ1) is 5.07. The molecule has 0 rings (SSSR count). The molecule has 11 heavy (non-hydrogen) atoms. The SMILES string of the molecule is C[C@H](NC(=O)C=CF)C(=O)O. The van der Waals surface area contributed by atoms with Crippen molar-refractivity contribution < 1.29 is 19.1 Å². The lowest BCUT2D eigenvalue weighted by atomic mass is 10.3. The molecule has 0 unspecified atom stereocenters. The highest BCUT2D eigenvalue weighted by molar-refractivity contribution is 5.90. The van der Waals surface area contributed by atoms with Gasteiger partial charge in [0, 0.05) is 6.08 Å². The fourth-order valence-corrected chi connectivity index (χ4v) is 0.380. The summed E-state index contributed by atoms with van der Waals surface area (Å²) in [7, 11) is 0. The second kappa shape index (κ2) is 4.43. The molecule has 1 atom stereocenters. The van der Waals surface area contributed by atoms with Crippen molar-refractivity contribution in [1.82, 2.24) is 5.32 Å². The van der Waals surface area contributed by atoms with Crippen molar-refractivity contribution in [3.63, 3.8) is 0 Å². The van der Waals surface area contributed by atoms with Crippen molar-refractivity contribution in [2.75, 3.05) is 0 Å². The van der Waals surface area contributed by atoms with Gasteiger partial charge in [-0.05, 0) is 6.92 Å². The van der Waals surface area contributed by atoms with Crippen LogP contribution in [0, 0.1) is 0 Å². The number of rotatable bonds is 3. The van der Waals surface area contributed by atoms with E-state index in [1.54, 1.807) is 0 Å². The Bertz CT molecular complexity index is 190. The van der Waals surface area contributed by atoms with E-state index in [4.69, 9.17) is 5.11 Å². The van der Waals surface area contributed by atoms with Gasteiger partial charge in [0.1, 0.15) is 6.04 Å². The smallest absolute Gasteiger partial charge is 0.325 e. The molecule has 0 aliphatic heterocycles. The van der Waals surface area contributed by atoms with Crippen molar-refractivity contribution >= 4 is 11.9 Å². The number of hydrogen-bond acceptors (Lipinski definition) is 2. The molecule has 2 N–H and O–H groups in total. The molecule has 0 radical (unpaired) electrons. The fourth-order valence-electron chi connectivity index (χ4n) is 0.380. The van der Waals surface area contributed by atoms with E-state index in [2.05, 4.69) is 0 Å². The third-order valence-electron chi connectivity index (χ3n) is 0.944. The first-order valence-electron chi connectivity index (χ1n) is 2.88. The van der Waals surface area contributed by atoms with E-state index in [1.807, 2.05) is 5.32 Å². The van der Waals surface area contributed by atoms with Gasteiger partial charge in [-0.3, -0.25) is 9.59 Å². The first-order valence-corrected chi connectivity index (χ1v) is 2.88. The zero-order valence-electron chi connectivity index (χ0n) is 5.87. The van der Waals surface area contributed by atoms with Crippen LogP contribution in [-0.2, 0) is 9.59 Å². The third kappa shape index (κ3) is 4.07. The van der Waals surface area contributed by atoms with E-state index in [9.17, 15) is 14.0 Å². The van der Waals surface area contributed by atoms with Crippen LogP contribution in [0.5, 0.6) is 0 Å². The number of carboxylic acid groups (broad SMARTS) is 1. The summed E-state index contributed by atoms with van der Waals surface area (Å²) in [6, 6.07) is -1.00. The molecule has 4 nitrogen and oxygen atoms in total. The van der Waals surface area contributed by atoms with Gasteiger partial charge in [0.05, 0.1) is 6.33 Å². The number of aliphatic carboxylic acids is 1. The third-order valence-corrected chi connectivity index (χ3v) is 0.944. The summed E-state index contributed by atoms with van der Waals surface area (Å²) in [4.78, 5) is 20.6. The number of carbonyl (C=O) groups is 2. The molecule has 0 aromatic heterocycles. The quantitative estimate of drug-likeness (QED) is 0.575. The van der Waals surface area contributed by atoms with E-state index in [0.29, 0.717) is 6.08 Å². The molecule has 0 aromatic carbocycles. The van der Waals surface area contributed by atoms with Gasteiger partial charge >= 0.3 is 5.97 Å². The monoisotopic (exact) mass is 161 g/mol. The Labute approximate surface area is 62.7 Å². The van der Waals surface area contributed by atoms with Crippen molar-refractivity contribution in [3.05, 3.63) is 12.4 Å². The highest BCUT2D eigenvalue weighted by Gasteiger charge is 2.11. The summed E-state index contributed by atoms with van der Waals surface area (Å²) in [5.41, 5.74) is 0. The molecule has 1 amide bonds. The molecule has 0 aliphatic rings. The maximum Gasteiger partial charge on any atom is 0.325 e. The van der Waals surface area contributed by atoms with Crippen molar-refractivity contribution in [2.24, 2.45) is 0 Å². The van der Waals surface area contributed by atoms with Gasteiger partial charge < -0.3 is 10.4 Å². The fraction of sp³-hybridized carbons (Fsp3) is 0.333. The molecule has 0 aliphatic carbocycles. The minimum Gasteiger partial charge on any atom is -0.480 e. The number of carboxylic acids is 1. The van der Waals surface area contributed by atoms with Gasteiger partial charge in [-0.1, -0.05) is 0 Å². The number of halogens is 1. The summed E-state index contributed by atoms with van der Waals surface area (Å²) in [5.74, 6) is -1.92. The first kappa shape index (κ1) is 9.61. The lowest BCUT2D eigenvalue weighted by Gasteiger charge is -2.05. The summed E-state index contributed by atoms with van der Waals surface area (Å²) in [6.07, 6.45) is 0.656. The maximum absolute atomic E-state index is 11.3. The molecular weight excluding hydrogens is 153 g/mol. The molecule has 0 aromatic rings. The van der Waals surface area contributed by atoms with Gasteiger partial charge in [0.15, 0.2) is 0 Å². The second-order valence-corrected chi connectivity index (χ2v) is 1.86. The normalized spacial score (nSPS) is 12.9. The summed E-state index contributed by atoms with van der Waals surface area (Å²) < 4.78 is 11.3. The van der Waals surface area contributed by atoms with E-state index in [0.717, 1.165) is 0 Å². The predicted molar refractivity (Wildman–Crippen MR) is 35.5 cm³/mol. The van der Waals surface area contributed by atoms with Gasteiger partial charge in [-0.2, -0.15) is 0 Å². The van der Waals surface area contributed by atoms with Crippen LogP contribution >= 0.6 is 0 Å². The Morgan fingerprint density at radius 2 is 2.18 bits per heavy atom. The Balaban J connectivity index is 3.85. The second-order valence-electron chi connectivity index (χ2n) is 1.86. The summed E-state index contributed by atoms with van der Waals surface area (Å²) in [5, 5.41) is 10.3. The highest BCUT2D eigenvalue weighted by Crippen LogP contribution is 1.82. The Hall–Kier alpha value is -1.39. The summed E-state index contributed by atoms with van der Waals surface area (Å²) >= 11 is 0. The molecule has 0 heterocycles. The van der Waals surface area contributed by atoms with Crippen LogP contribution in [0.4, 0.5) is 4.39 Å². The molecule has 0 spiro atoms. The van der Waals surface area contributed by atoms with Gasteiger partial charge in [0.2, 0.25) is 5.91 Å². The van der Waals surface area contributed by atoms with Crippen LogP contribution in [0.15, 0.2) is 12.4 Å². The van der Waals surface area contributed by atoms with E-state index >= 15 is 0 Å². The number of amides is 1. The molecule has 0 fully saturated rings. The van der Waals surface area contributed by atoms with E-state index in [1.165, 1.54) is 6.92 Å². The zero-order chi connectivity index (χ0) is 8.85. The lowest BCUT2D eigenvalue weighted by molar-refractivity contribution is -0.140. The van der Waals surface area contributed by atoms with Gasteiger partial charge in [0.25, 0.3) is 0 Å². The number of hydrogen-bond donors (Lipinski definition) is 2. The van der Waals surface area contributed by atoms with Crippen molar-refractivity contribution in [3.8, 4) is 0 Å². The van der Waals surface area contributed by atoms with Crippen LogP contribution in [0.1, 0.15) is 6.92 Å². The van der Waals surface area contributed by atoms with E-state index < -0.39 is 17.9 Å². The lowest BCUT2D eigenvalue weighted by Crippen LogP contribution is -2.37. The topological polar surface area (TPSA) is 66.4 Å². The highest BCUT2D eigenvalue weighted by atomic mass is 19.1. The average Bonchev–Trinajstić information content (AvgIpc) is 1.87. The van der Waals surface area contributed by atoms with Crippen LogP contribution in [0.3, 0.4) is 0 Å². The molecule has 0 saturated carbocycles. The van der Waals surface area contributed by atoms with E-state index in [-0.39, 0.29) is 6.33 Å². The minimum atomic E-state index is -1.16. The van der Waals surface area contributed by atoms with Crippen LogP contribution in [-0.4, -0.2) is 23.0 Å². The van der Waals surface area contributed by atoms with Crippen LogP contribution < -0.4 is 5.32 Å². The van der Waals surface area contributed by atoms with Gasteiger partial charge in [-0.25, -0.2) is 4.39 Å². The largest absolute Gasteiger partial charge is 0.480 e. The van der Waals surface area contributed by atoms with Crippen LogP contribution in [0.2, 0.25) is 0 Å². The number of carbonyl (C=O) groups excluding carboxylic acids is 1. The maximum atomic E-state index is 11.3. The Kier molecular flexibility index (Phi) is 3.87. The summed E-state index contributed by atoms with van der Waals surface area (Å²) in [6.45, 7) is 1.28. The minimum absolute atomic E-state index is 0.0455. The molecular formula is C6H8FNO3. The standard InChI is InChI=1S/C6H8FNO3/c1-4(6(10)11)8-5(9)2-3-7/h2-4H,1H3,(H,8,9)(H,10,11)/t4-/m0/s1.